The minimum Gasteiger partial charge on any atom is -0.323 e. The molecule has 0 bridgehead atoms. The first kappa shape index (κ1) is 9.56. The molecule has 0 radical (unpaired) electrons. The van der Waals surface area contributed by atoms with E-state index in [9.17, 15) is 0 Å². The Hall–Kier alpha value is -0.530. The fourth-order valence-corrected chi connectivity index (χ4v) is 1.55. The molecule has 1 nitrogen and oxygen atoms in total. The Morgan fingerprint density at radius 3 is 2.92 bits per heavy atom. The van der Waals surface area contributed by atoms with E-state index in [-0.39, 0.29) is 6.04 Å². The van der Waals surface area contributed by atoms with Crippen molar-refractivity contribution in [3.05, 3.63) is 33.4 Å². The zero-order valence-corrected chi connectivity index (χ0v) is 8.78. The molecule has 0 saturated heterocycles. The lowest BCUT2D eigenvalue weighted by atomic mass is 10.1. The van der Waals surface area contributed by atoms with E-state index in [1.165, 1.54) is 3.57 Å². The standard InChI is InChI=1S/C10H10IN/c1-2-4-10(12)8-5-3-6-9(11)7-8/h1,3,5-7,10H,4,12H2. The summed E-state index contributed by atoms with van der Waals surface area (Å²) >= 11 is 2.26. The van der Waals surface area contributed by atoms with Gasteiger partial charge in [-0.3, -0.25) is 0 Å². The summed E-state index contributed by atoms with van der Waals surface area (Å²) in [4.78, 5) is 0. The number of benzene rings is 1. The largest absolute Gasteiger partial charge is 0.323 e. The van der Waals surface area contributed by atoms with E-state index >= 15 is 0 Å². The molecule has 0 saturated carbocycles. The summed E-state index contributed by atoms with van der Waals surface area (Å²) in [5.74, 6) is 2.56. The van der Waals surface area contributed by atoms with E-state index in [1.54, 1.807) is 0 Å². The Morgan fingerprint density at radius 2 is 2.33 bits per heavy atom. The highest BCUT2D eigenvalue weighted by molar-refractivity contribution is 14.1. The van der Waals surface area contributed by atoms with E-state index in [0.717, 1.165) is 5.56 Å². The zero-order valence-electron chi connectivity index (χ0n) is 6.63. The Bertz CT molecular complexity index is 301. The lowest BCUT2D eigenvalue weighted by Crippen LogP contribution is -2.08. The van der Waals surface area contributed by atoms with Crippen molar-refractivity contribution in [3.63, 3.8) is 0 Å². The number of nitrogens with two attached hydrogens (primary N) is 1. The third-order valence-electron chi connectivity index (χ3n) is 1.61. The summed E-state index contributed by atoms with van der Waals surface area (Å²) in [5, 5.41) is 0. The number of hydrogen-bond donors (Lipinski definition) is 1. The highest BCUT2D eigenvalue weighted by Crippen LogP contribution is 2.15. The Labute approximate surface area is 86.5 Å². The second-order valence-electron chi connectivity index (χ2n) is 2.57. The third kappa shape index (κ3) is 2.50. The van der Waals surface area contributed by atoms with Crippen molar-refractivity contribution in [3.8, 4) is 12.3 Å². The van der Waals surface area contributed by atoms with Crippen LogP contribution in [0.3, 0.4) is 0 Å². The molecule has 0 fully saturated rings. The summed E-state index contributed by atoms with van der Waals surface area (Å²) in [6.07, 6.45) is 5.77. The van der Waals surface area contributed by atoms with Crippen LogP contribution in [-0.4, -0.2) is 0 Å². The monoisotopic (exact) mass is 271 g/mol. The quantitative estimate of drug-likeness (QED) is 0.648. The molecule has 1 rings (SSSR count). The van der Waals surface area contributed by atoms with Crippen LogP contribution < -0.4 is 5.73 Å². The zero-order chi connectivity index (χ0) is 8.97. The maximum absolute atomic E-state index is 5.83. The fraction of sp³-hybridized carbons (Fsp3) is 0.200. The van der Waals surface area contributed by atoms with Crippen molar-refractivity contribution in [1.29, 1.82) is 0 Å². The molecule has 0 spiro atoms. The summed E-state index contributed by atoms with van der Waals surface area (Å²) < 4.78 is 1.19. The van der Waals surface area contributed by atoms with Gasteiger partial charge in [-0.05, 0) is 40.3 Å². The van der Waals surface area contributed by atoms with Crippen molar-refractivity contribution >= 4 is 22.6 Å². The van der Waals surface area contributed by atoms with Crippen LogP contribution in [0.15, 0.2) is 24.3 Å². The van der Waals surface area contributed by atoms with Crippen LogP contribution in [0, 0.1) is 15.9 Å². The molecular formula is C10H10IN. The summed E-state index contributed by atoms with van der Waals surface area (Å²) in [6, 6.07) is 8.07. The highest BCUT2D eigenvalue weighted by Gasteiger charge is 2.03. The molecular weight excluding hydrogens is 261 g/mol. The molecule has 0 heterocycles. The molecule has 0 aliphatic carbocycles. The first-order valence-corrected chi connectivity index (χ1v) is 4.76. The Kier molecular flexibility index (Phi) is 3.57. The topological polar surface area (TPSA) is 26.0 Å². The molecule has 12 heavy (non-hydrogen) atoms. The smallest absolute Gasteiger partial charge is 0.0406 e. The second-order valence-corrected chi connectivity index (χ2v) is 3.82. The SMILES string of the molecule is C#CCC(N)c1cccc(I)c1. The molecule has 62 valence electrons. The van der Waals surface area contributed by atoms with E-state index in [0.29, 0.717) is 6.42 Å². The highest BCUT2D eigenvalue weighted by atomic mass is 127. The average Bonchev–Trinajstić information content (AvgIpc) is 2.05. The van der Waals surface area contributed by atoms with Crippen LogP contribution in [0.1, 0.15) is 18.0 Å². The van der Waals surface area contributed by atoms with E-state index < -0.39 is 0 Å². The molecule has 1 unspecified atom stereocenters. The van der Waals surface area contributed by atoms with Crippen LogP contribution in [0.2, 0.25) is 0 Å². The maximum atomic E-state index is 5.83. The van der Waals surface area contributed by atoms with Crippen LogP contribution in [0.25, 0.3) is 0 Å². The van der Waals surface area contributed by atoms with Crippen molar-refractivity contribution in [2.24, 2.45) is 5.73 Å². The first-order valence-electron chi connectivity index (χ1n) is 3.68. The second kappa shape index (κ2) is 4.48. The number of rotatable bonds is 2. The maximum Gasteiger partial charge on any atom is 0.0406 e. The van der Waals surface area contributed by atoms with Gasteiger partial charge in [0.2, 0.25) is 0 Å². The van der Waals surface area contributed by atoms with Gasteiger partial charge in [-0.25, -0.2) is 0 Å². The van der Waals surface area contributed by atoms with Gasteiger partial charge in [0.05, 0.1) is 0 Å². The van der Waals surface area contributed by atoms with Crippen molar-refractivity contribution in [2.45, 2.75) is 12.5 Å². The lowest BCUT2D eigenvalue weighted by molar-refractivity contribution is 0.754. The summed E-state index contributed by atoms with van der Waals surface area (Å²) in [5.41, 5.74) is 6.94. The molecule has 1 atom stereocenters. The van der Waals surface area contributed by atoms with Crippen LogP contribution in [0.4, 0.5) is 0 Å². The van der Waals surface area contributed by atoms with Gasteiger partial charge in [0, 0.05) is 16.0 Å². The molecule has 0 amide bonds. The number of hydrogen-bond acceptors (Lipinski definition) is 1. The lowest BCUT2D eigenvalue weighted by Gasteiger charge is -2.07. The third-order valence-corrected chi connectivity index (χ3v) is 2.29. The minimum atomic E-state index is -0.0234. The number of terminal acetylenes is 1. The van der Waals surface area contributed by atoms with Crippen molar-refractivity contribution in [2.75, 3.05) is 0 Å². The molecule has 1 aromatic rings. The Balaban J connectivity index is 2.82. The van der Waals surface area contributed by atoms with Crippen LogP contribution in [-0.2, 0) is 0 Å². The first-order chi connectivity index (χ1) is 5.74. The van der Waals surface area contributed by atoms with Crippen LogP contribution in [0.5, 0.6) is 0 Å². The normalized spacial score (nSPS) is 12.1. The molecule has 1 aromatic carbocycles. The van der Waals surface area contributed by atoms with Gasteiger partial charge in [0.1, 0.15) is 0 Å². The fourth-order valence-electron chi connectivity index (χ4n) is 0.982. The van der Waals surface area contributed by atoms with Crippen molar-refractivity contribution in [1.82, 2.24) is 0 Å². The molecule has 2 N–H and O–H groups in total. The molecule has 0 aromatic heterocycles. The van der Waals surface area contributed by atoms with Crippen LogP contribution >= 0.6 is 22.6 Å². The van der Waals surface area contributed by atoms with Gasteiger partial charge >= 0.3 is 0 Å². The van der Waals surface area contributed by atoms with Gasteiger partial charge in [0.25, 0.3) is 0 Å². The van der Waals surface area contributed by atoms with E-state index in [2.05, 4.69) is 34.6 Å². The van der Waals surface area contributed by atoms with Gasteiger partial charge in [-0.1, -0.05) is 12.1 Å². The predicted octanol–water partition coefficient (Wildman–Crippen LogP) is 2.31. The minimum absolute atomic E-state index is 0.0234. The van der Waals surface area contributed by atoms with E-state index in [1.807, 2.05) is 18.2 Å². The Morgan fingerprint density at radius 1 is 1.58 bits per heavy atom. The van der Waals surface area contributed by atoms with Crippen molar-refractivity contribution < 1.29 is 0 Å². The van der Waals surface area contributed by atoms with Gasteiger partial charge < -0.3 is 5.73 Å². The van der Waals surface area contributed by atoms with Gasteiger partial charge in [-0.2, -0.15) is 0 Å². The molecule has 0 aliphatic rings. The average molecular weight is 271 g/mol. The van der Waals surface area contributed by atoms with Gasteiger partial charge in [-0.15, -0.1) is 12.3 Å². The summed E-state index contributed by atoms with van der Waals surface area (Å²) in [6.45, 7) is 0. The molecule has 2 heteroatoms. The van der Waals surface area contributed by atoms with Gasteiger partial charge in [0.15, 0.2) is 0 Å². The van der Waals surface area contributed by atoms with E-state index in [4.69, 9.17) is 12.2 Å². The number of halogens is 1. The predicted molar refractivity (Wildman–Crippen MR) is 59.5 cm³/mol. The summed E-state index contributed by atoms with van der Waals surface area (Å²) in [7, 11) is 0. The molecule has 0 aliphatic heterocycles.